The van der Waals surface area contributed by atoms with Crippen LogP contribution in [0.3, 0.4) is 0 Å². The monoisotopic (exact) mass is 459 g/mol. The van der Waals surface area contributed by atoms with Gasteiger partial charge in [0.1, 0.15) is 5.75 Å². The number of benzene rings is 1. The van der Waals surface area contributed by atoms with Crippen LogP contribution in [0, 0.1) is 5.41 Å². The number of nitrogens with one attached hydrogen (secondary N) is 1. The van der Waals surface area contributed by atoms with E-state index in [1.807, 2.05) is 15.8 Å². The maximum Gasteiger partial charge on any atom is 0.260 e. The Bertz CT molecular complexity index is 1420. The first kappa shape index (κ1) is 20.6. The van der Waals surface area contributed by atoms with Crippen LogP contribution in [0.25, 0.3) is 16.6 Å². The van der Waals surface area contributed by atoms with Gasteiger partial charge in [0, 0.05) is 49.3 Å². The van der Waals surface area contributed by atoms with Crippen molar-refractivity contribution in [3.63, 3.8) is 0 Å². The van der Waals surface area contributed by atoms with Gasteiger partial charge in [-0.3, -0.25) is 14.3 Å². The van der Waals surface area contributed by atoms with E-state index in [4.69, 9.17) is 0 Å². The molecule has 1 spiro atoms. The summed E-state index contributed by atoms with van der Waals surface area (Å²) in [6, 6.07) is 7.03. The quantitative estimate of drug-likeness (QED) is 0.486. The summed E-state index contributed by atoms with van der Waals surface area (Å²) < 4.78 is 3.49. The van der Waals surface area contributed by atoms with Crippen LogP contribution >= 0.6 is 0 Å². The van der Waals surface area contributed by atoms with E-state index in [0.717, 1.165) is 44.2 Å². The van der Waals surface area contributed by atoms with Gasteiger partial charge in [0.2, 0.25) is 5.91 Å². The number of imidazole rings is 1. The summed E-state index contributed by atoms with van der Waals surface area (Å²) in [5.74, 6) is 0.00676. The zero-order chi connectivity index (χ0) is 23.4. The lowest BCUT2D eigenvalue weighted by Gasteiger charge is -2.53. The number of nitrogens with zero attached hydrogens (tertiary/aromatic N) is 6. The van der Waals surface area contributed by atoms with Gasteiger partial charge in [-0.25, -0.2) is 4.98 Å². The molecule has 10 heteroatoms. The van der Waals surface area contributed by atoms with Crippen molar-refractivity contribution in [1.82, 2.24) is 29.3 Å². The molecule has 2 fully saturated rings. The fraction of sp³-hybridized carbons (Fsp3) is 0.375. The molecule has 2 aliphatic rings. The number of fused-ring (bicyclic) bond motifs is 2. The second-order valence-corrected chi connectivity index (χ2v) is 9.53. The Morgan fingerprint density at radius 2 is 2.00 bits per heavy atom. The highest BCUT2D eigenvalue weighted by atomic mass is 16.3. The van der Waals surface area contributed by atoms with Gasteiger partial charge in [0.15, 0.2) is 11.5 Å². The Morgan fingerprint density at radius 3 is 2.76 bits per heavy atom. The van der Waals surface area contributed by atoms with E-state index in [1.165, 1.54) is 16.8 Å². The van der Waals surface area contributed by atoms with Crippen LogP contribution in [0.15, 0.2) is 42.9 Å². The number of carbonyl (C=O) groups is 2. The fourth-order valence-corrected chi connectivity index (χ4v) is 5.33. The highest BCUT2D eigenvalue weighted by Gasteiger charge is 2.46. The number of anilines is 1. The number of hydrogen-bond acceptors (Lipinski definition) is 6. The molecule has 6 rings (SSSR count). The molecular formula is C24H25N7O3. The minimum atomic E-state index is -0.445. The molecule has 0 radical (unpaired) electrons. The molecule has 4 aromatic rings. The average Bonchev–Trinajstić information content (AvgIpc) is 3.40. The second-order valence-electron chi connectivity index (χ2n) is 9.53. The Balaban J connectivity index is 1.19. The van der Waals surface area contributed by atoms with Gasteiger partial charge in [-0.2, -0.15) is 14.7 Å². The summed E-state index contributed by atoms with van der Waals surface area (Å²) in [6.45, 7) is 3.36. The van der Waals surface area contributed by atoms with Crippen LogP contribution in [-0.2, 0) is 4.79 Å². The van der Waals surface area contributed by atoms with E-state index >= 15 is 0 Å². The van der Waals surface area contributed by atoms with Crippen molar-refractivity contribution < 1.29 is 14.7 Å². The Morgan fingerprint density at radius 1 is 1.21 bits per heavy atom. The van der Waals surface area contributed by atoms with Crippen molar-refractivity contribution in [1.29, 1.82) is 0 Å². The van der Waals surface area contributed by atoms with E-state index in [-0.39, 0.29) is 28.7 Å². The molecule has 1 aliphatic heterocycles. The van der Waals surface area contributed by atoms with E-state index in [9.17, 15) is 14.7 Å². The average molecular weight is 460 g/mol. The molecule has 4 heterocycles. The van der Waals surface area contributed by atoms with Crippen molar-refractivity contribution >= 4 is 34.2 Å². The summed E-state index contributed by atoms with van der Waals surface area (Å²) in [4.78, 5) is 30.6. The lowest BCUT2D eigenvalue weighted by atomic mass is 9.67. The van der Waals surface area contributed by atoms with Crippen LogP contribution in [0.2, 0.25) is 0 Å². The summed E-state index contributed by atoms with van der Waals surface area (Å²) >= 11 is 0. The third-order valence-electron chi connectivity index (χ3n) is 7.29. The van der Waals surface area contributed by atoms with Crippen molar-refractivity contribution in [3.8, 4) is 5.75 Å². The molecule has 3 aromatic heterocycles. The van der Waals surface area contributed by atoms with Gasteiger partial charge in [0.25, 0.3) is 5.91 Å². The predicted molar refractivity (Wildman–Crippen MR) is 125 cm³/mol. The predicted octanol–water partition coefficient (Wildman–Crippen LogP) is 3.00. The van der Waals surface area contributed by atoms with Gasteiger partial charge in [-0.1, -0.05) is 0 Å². The normalized spacial score (nSPS) is 17.9. The Hall–Kier alpha value is -3.95. The molecule has 1 saturated heterocycles. The summed E-state index contributed by atoms with van der Waals surface area (Å²) in [7, 11) is 0. The summed E-state index contributed by atoms with van der Waals surface area (Å²) in [5, 5.41) is 23.0. The number of aromatic hydroxyl groups is 1. The molecule has 34 heavy (non-hydrogen) atoms. The number of amides is 2. The maximum absolute atomic E-state index is 12.9. The van der Waals surface area contributed by atoms with E-state index in [2.05, 4.69) is 20.5 Å². The van der Waals surface area contributed by atoms with Crippen LogP contribution in [-0.4, -0.2) is 59.3 Å². The molecule has 1 aliphatic carbocycles. The molecule has 10 nitrogen and oxygen atoms in total. The molecular weight excluding hydrogens is 434 g/mol. The number of rotatable bonds is 3. The highest BCUT2D eigenvalue weighted by molar-refractivity contribution is 6.08. The third-order valence-corrected chi connectivity index (χ3v) is 7.29. The molecule has 0 unspecified atom stereocenters. The van der Waals surface area contributed by atoms with E-state index in [0.29, 0.717) is 17.0 Å². The standard InChI is InChI=1S/C24H25N7O3/c1-15(32)29-13-24(14-29)6-4-17(5-7-24)30-12-16-9-18(20(33)10-19(16)28-30)23(34)27-22-11-25-21-3-2-8-26-31(21)22/h2-3,8-12,17,33H,4-7,13-14H2,1H3,(H,27,34). The first-order valence-electron chi connectivity index (χ1n) is 11.5. The van der Waals surface area contributed by atoms with Crippen LogP contribution < -0.4 is 5.32 Å². The van der Waals surface area contributed by atoms with Crippen LogP contribution in [0.5, 0.6) is 5.75 Å². The Kier molecular flexibility index (Phi) is 4.58. The molecule has 1 saturated carbocycles. The van der Waals surface area contributed by atoms with Gasteiger partial charge in [0.05, 0.1) is 23.3 Å². The van der Waals surface area contributed by atoms with Gasteiger partial charge in [-0.05, 0) is 43.9 Å². The number of hydrogen-bond donors (Lipinski definition) is 2. The largest absolute Gasteiger partial charge is 0.507 e. The maximum atomic E-state index is 12.9. The lowest BCUT2D eigenvalue weighted by Crippen LogP contribution is -2.59. The number of phenols is 1. The number of carbonyl (C=O) groups excluding carboxylic acids is 2. The van der Waals surface area contributed by atoms with E-state index < -0.39 is 5.91 Å². The highest BCUT2D eigenvalue weighted by Crippen LogP contribution is 2.47. The van der Waals surface area contributed by atoms with Crippen molar-refractivity contribution in [2.45, 2.75) is 38.6 Å². The van der Waals surface area contributed by atoms with Crippen LogP contribution in [0.4, 0.5) is 5.82 Å². The summed E-state index contributed by atoms with van der Waals surface area (Å²) in [6.07, 6.45) is 9.24. The SMILES string of the molecule is CC(=O)N1CC2(CCC(n3cc4cc(C(=O)Nc5cnc6cccnn56)c(O)cc4n3)CC2)C1. The topological polar surface area (TPSA) is 118 Å². The van der Waals surface area contributed by atoms with Gasteiger partial charge in [-0.15, -0.1) is 0 Å². The zero-order valence-electron chi connectivity index (χ0n) is 18.8. The van der Waals surface area contributed by atoms with Crippen molar-refractivity contribution in [3.05, 3.63) is 48.4 Å². The summed E-state index contributed by atoms with van der Waals surface area (Å²) in [5.41, 5.74) is 1.70. The molecule has 1 aromatic carbocycles. The number of aromatic nitrogens is 5. The number of likely N-dealkylation sites (tertiary alicyclic amines) is 1. The molecule has 0 atom stereocenters. The Labute approximate surface area is 195 Å². The fourth-order valence-electron chi connectivity index (χ4n) is 5.33. The van der Waals surface area contributed by atoms with Crippen molar-refractivity contribution in [2.75, 3.05) is 18.4 Å². The molecule has 174 valence electrons. The molecule has 0 bridgehead atoms. The lowest BCUT2D eigenvalue weighted by molar-refractivity contribution is -0.143. The van der Waals surface area contributed by atoms with Gasteiger partial charge < -0.3 is 15.3 Å². The number of phenolic OH excluding ortho intramolecular Hbond substituents is 1. The zero-order valence-corrected chi connectivity index (χ0v) is 18.8. The first-order chi connectivity index (χ1) is 16.4. The smallest absolute Gasteiger partial charge is 0.260 e. The minimum Gasteiger partial charge on any atom is -0.507 e. The third kappa shape index (κ3) is 3.37. The minimum absolute atomic E-state index is 0.126. The molecule has 2 amide bonds. The van der Waals surface area contributed by atoms with Crippen LogP contribution in [0.1, 0.15) is 49.0 Å². The second kappa shape index (κ2) is 7.54. The van der Waals surface area contributed by atoms with E-state index in [1.54, 1.807) is 31.3 Å². The van der Waals surface area contributed by atoms with Gasteiger partial charge >= 0.3 is 0 Å². The van der Waals surface area contributed by atoms with Crippen molar-refractivity contribution in [2.24, 2.45) is 5.41 Å². The first-order valence-corrected chi connectivity index (χ1v) is 11.5. The molecule has 2 N–H and O–H groups in total.